The van der Waals surface area contributed by atoms with Gasteiger partial charge in [0.2, 0.25) is 0 Å². The molecule has 3 nitrogen and oxygen atoms in total. The lowest BCUT2D eigenvalue weighted by Gasteiger charge is -2.19. The molecule has 0 bridgehead atoms. The van der Waals surface area contributed by atoms with Crippen molar-refractivity contribution in [3.63, 3.8) is 0 Å². The number of hydrogen-bond donors (Lipinski definition) is 1. The molecule has 1 aliphatic heterocycles. The highest BCUT2D eigenvalue weighted by Crippen LogP contribution is 2.36. The molecule has 1 aromatic heterocycles. The quantitative estimate of drug-likeness (QED) is 0.932. The molecule has 21 heavy (non-hydrogen) atoms. The predicted octanol–water partition coefficient (Wildman–Crippen LogP) is 3.78. The summed E-state index contributed by atoms with van der Waals surface area (Å²) in [5, 5.41) is 5.60. The Balaban J connectivity index is 1.96. The molecule has 0 aliphatic carbocycles. The Morgan fingerprint density at radius 1 is 1.19 bits per heavy atom. The second-order valence-electron chi connectivity index (χ2n) is 5.14. The van der Waals surface area contributed by atoms with Crippen LogP contribution < -0.4 is 14.8 Å². The van der Waals surface area contributed by atoms with Crippen LogP contribution >= 0.6 is 11.3 Å². The maximum atomic E-state index is 5.81. The number of hydrogen-bond acceptors (Lipinski definition) is 4. The molecular weight excluding hydrogens is 282 g/mol. The summed E-state index contributed by atoms with van der Waals surface area (Å²) in [4.78, 5) is 1.38. The van der Waals surface area contributed by atoms with E-state index < -0.39 is 0 Å². The van der Waals surface area contributed by atoms with E-state index in [1.165, 1.54) is 16.0 Å². The lowest BCUT2D eigenvalue weighted by Crippen LogP contribution is -2.17. The molecular formula is C17H21NO2S. The Morgan fingerprint density at radius 2 is 2.00 bits per heavy atom. The summed E-state index contributed by atoms with van der Waals surface area (Å²) in [7, 11) is 2.01. The highest BCUT2D eigenvalue weighted by atomic mass is 32.1. The fourth-order valence-corrected chi connectivity index (χ4v) is 3.83. The van der Waals surface area contributed by atoms with Gasteiger partial charge >= 0.3 is 0 Å². The summed E-state index contributed by atoms with van der Waals surface area (Å²) in [6, 6.07) is 8.69. The summed E-state index contributed by atoms with van der Waals surface area (Å²) < 4.78 is 11.5. The van der Waals surface area contributed by atoms with Gasteiger partial charge in [-0.15, -0.1) is 11.3 Å². The molecule has 0 saturated carbocycles. The molecule has 0 amide bonds. The summed E-state index contributed by atoms with van der Waals surface area (Å²) in [5.74, 6) is 1.72. The smallest absolute Gasteiger partial charge is 0.161 e. The topological polar surface area (TPSA) is 30.5 Å². The van der Waals surface area contributed by atoms with Crippen molar-refractivity contribution in [1.82, 2.24) is 5.32 Å². The highest BCUT2D eigenvalue weighted by molar-refractivity contribution is 7.10. The molecule has 1 atom stereocenters. The molecule has 0 radical (unpaired) electrons. The Hall–Kier alpha value is -1.52. The molecule has 0 fully saturated rings. The fraction of sp³-hybridized carbons (Fsp3) is 0.412. The largest absolute Gasteiger partial charge is 0.490 e. The molecule has 1 N–H and O–H groups in total. The van der Waals surface area contributed by atoms with Gasteiger partial charge in [-0.25, -0.2) is 0 Å². The van der Waals surface area contributed by atoms with E-state index in [9.17, 15) is 0 Å². The van der Waals surface area contributed by atoms with Crippen LogP contribution in [-0.2, 0) is 6.42 Å². The fourth-order valence-electron chi connectivity index (χ4n) is 2.70. The number of thiophene rings is 1. The van der Waals surface area contributed by atoms with Crippen molar-refractivity contribution in [3.05, 3.63) is 45.6 Å². The van der Waals surface area contributed by atoms with E-state index in [1.54, 1.807) is 0 Å². The zero-order valence-electron chi connectivity index (χ0n) is 12.5. The molecule has 112 valence electrons. The monoisotopic (exact) mass is 303 g/mol. The van der Waals surface area contributed by atoms with Crippen LogP contribution in [0.4, 0.5) is 0 Å². The second kappa shape index (κ2) is 6.50. The van der Waals surface area contributed by atoms with Crippen molar-refractivity contribution < 1.29 is 9.47 Å². The Morgan fingerprint density at radius 3 is 2.76 bits per heavy atom. The van der Waals surface area contributed by atoms with Gasteiger partial charge in [0, 0.05) is 11.3 Å². The third-order valence-corrected chi connectivity index (χ3v) is 4.84. The lowest BCUT2D eigenvalue weighted by molar-refractivity contribution is 0.297. The van der Waals surface area contributed by atoms with Gasteiger partial charge in [-0.3, -0.25) is 0 Å². The van der Waals surface area contributed by atoms with E-state index in [2.05, 4.69) is 35.8 Å². The van der Waals surface area contributed by atoms with E-state index >= 15 is 0 Å². The van der Waals surface area contributed by atoms with Crippen molar-refractivity contribution >= 4 is 11.3 Å². The van der Waals surface area contributed by atoms with Crippen molar-refractivity contribution in [2.24, 2.45) is 0 Å². The van der Waals surface area contributed by atoms with E-state index in [0.29, 0.717) is 0 Å². The number of ether oxygens (including phenoxy) is 2. The van der Waals surface area contributed by atoms with Gasteiger partial charge in [-0.2, -0.15) is 0 Å². The van der Waals surface area contributed by atoms with Crippen LogP contribution in [0.1, 0.15) is 35.4 Å². The van der Waals surface area contributed by atoms with Gasteiger partial charge in [0.15, 0.2) is 11.5 Å². The first kappa shape index (κ1) is 14.4. The minimum Gasteiger partial charge on any atom is -0.490 e. The Labute approximate surface area is 129 Å². The first-order chi connectivity index (χ1) is 10.3. The maximum Gasteiger partial charge on any atom is 0.161 e. The zero-order valence-corrected chi connectivity index (χ0v) is 13.3. The SMILES string of the molecule is CCc1ccsc1C(NC)c1ccc2c(c1)OCCCO2. The van der Waals surface area contributed by atoms with E-state index in [1.807, 2.05) is 24.5 Å². The zero-order chi connectivity index (χ0) is 14.7. The van der Waals surface area contributed by atoms with Crippen molar-refractivity contribution in [3.8, 4) is 11.5 Å². The summed E-state index contributed by atoms with van der Waals surface area (Å²) in [5.41, 5.74) is 2.63. The van der Waals surface area contributed by atoms with E-state index in [4.69, 9.17) is 9.47 Å². The molecule has 1 aliphatic rings. The molecule has 1 unspecified atom stereocenters. The first-order valence-electron chi connectivity index (χ1n) is 7.46. The molecule has 3 rings (SSSR count). The van der Waals surface area contributed by atoms with Crippen LogP contribution in [0.2, 0.25) is 0 Å². The van der Waals surface area contributed by atoms with Gasteiger partial charge in [0.05, 0.1) is 19.3 Å². The number of nitrogens with one attached hydrogen (secondary N) is 1. The molecule has 0 spiro atoms. The molecule has 0 saturated heterocycles. The molecule has 4 heteroatoms. The van der Waals surface area contributed by atoms with Gasteiger partial charge < -0.3 is 14.8 Å². The number of benzene rings is 1. The van der Waals surface area contributed by atoms with Crippen molar-refractivity contribution in [2.75, 3.05) is 20.3 Å². The Kier molecular flexibility index (Phi) is 4.46. The number of fused-ring (bicyclic) bond motifs is 1. The standard InChI is InChI=1S/C17H21NO2S/c1-3-12-7-10-21-17(12)16(18-2)13-5-6-14-15(11-13)20-9-4-8-19-14/h5-7,10-11,16,18H,3-4,8-9H2,1-2H3. The Bertz CT molecular complexity index is 609. The number of aryl methyl sites for hydroxylation is 1. The normalized spacial score (nSPS) is 15.5. The van der Waals surface area contributed by atoms with Gasteiger partial charge in [0.25, 0.3) is 0 Å². The molecule has 1 aromatic carbocycles. The summed E-state index contributed by atoms with van der Waals surface area (Å²) in [6.07, 6.45) is 1.99. The van der Waals surface area contributed by atoms with E-state index in [0.717, 1.165) is 37.6 Å². The first-order valence-corrected chi connectivity index (χ1v) is 8.34. The van der Waals surface area contributed by atoms with Crippen LogP contribution in [0.3, 0.4) is 0 Å². The minimum absolute atomic E-state index is 0.206. The highest BCUT2D eigenvalue weighted by Gasteiger charge is 2.19. The van der Waals surface area contributed by atoms with Crippen LogP contribution in [0.5, 0.6) is 11.5 Å². The van der Waals surface area contributed by atoms with E-state index in [-0.39, 0.29) is 6.04 Å². The maximum absolute atomic E-state index is 5.81. The van der Waals surface area contributed by atoms with Crippen LogP contribution in [-0.4, -0.2) is 20.3 Å². The van der Waals surface area contributed by atoms with Crippen LogP contribution in [0.25, 0.3) is 0 Å². The van der Waals surface area contributed by atoms with Crippen molar-refractivity contribution in [1.29, 1.82) is 0 Å². The van der Waals surface area contributed by atoms with Gasteiger partial charge in [0.1, 0.15) is 0 Å². The summed E-state index contributed by atoms with van der Waals surface area (Å²) in [6.45, 7) is 3.65. The number of rotatable bonds is 4. The van der Waals surface area contributed by atoms with Gasteiger partial charge in [-0.1, -0.05) is 13.0 Å². The van der Waals surface area contributed by atoms with Crippen molar-refractivity contribution in [2.45, 2.75) is 25.8 Å². The average molecular weight is 303 g/mol. The predicted molar refractivity (Wildman–Crippen MR) is 86.6 cm³/mol. The van der Waals surface area contributed by atoms with Crippen LogP contribution in [0, 0.1) is 0 Å². The average Bonchev–Trinajstić information content (AvgIpc) is 2.85. The third-order valence-electron chi connectivity index (χ3n) is 3.82. The minimum atomic E-state index is 0.206. The second-order valence-corrected chi connectivity index (χ2v) is 6.09. The lowest BCUT2D eigenvalue weighted by atomic mass is 10.0. The molecule has 2 aromatic rings. The van der Waals surface area contributed by atoms with Gasteiger partial charge in [-0.05, 0) is 48.2 Å². The third kappa shape index (κ3) is 2.92. The van der Waals surface area contributed by atoms with Crippen LogP contribution in [0.15, 0.2) is 29.6 Å². The summed E-state index contributed by atoms with van der Waals surface area (Å²) >= 11 is 1.81. The molecule has 2 heterocycles.